The van der Waals surface area contributed by atoms with E-state index in [4.69, 9.17) is 4.42 Å². The average Bonchev–Trinajstić information content (AvgIpc) is 2.88. The van der Waals surface area contributed by atoms with Crippen LogP contribution < -0.4 is 5.32 Å². The van der Waals surface area contributed by atoms with Crippen LogP contribution in [-0.2, 0) is 11.3 Å². The van der Waals surface area contributed by atoms with Crippen LogP contribution in [0.5, 0.6) is 0 Å². The van der Waals surface area contributed by atoms with Crippen molar-refractivity contribution in [1.29, 1.82) is 0 Å². The van der Waals surface area contributed by atoms with Crippen LogP contribution in [0.2, 0.25) is 0 Å². The Morgan fingerprint density at radius 2 is 2.44 bits per heavy atom. The van der Waals surface area contributed by atoms with Crippen molar-refractivity contribution in [3.63, 3.8) is 0 Å². The quantitative estimate of drug-likeness (QED) is 0.889. The van der Waals surface area contributed by atoms with Gasteiger partial charge >= 0.3 is 0 Å². The van der Waals surface area contributed by atoms with E-state index >= 15 is 0 Å². The molecule has 1 fully saturated rings. The SMILES string of the molecule is CCN(Cc1ccco1)C(=O)C1CC(C)CCN1. The molecule has 1 amide bonds. The molecule has 0 saturated carbocycles. The lowest BCUT2D eigenvalue weighted by Crippen LogP contribution is -2.49. The Hall–Kier alpha value is -1.29. The molecule has 4 heteroatoms. The molecule has 1 aromatic heterocycles. The van der Waals surface area contributed by atoms with E-state index < -0.39 is 0 Å². The van der Waals surface area contributed by atoms with Crippen molar-refractivity contribution in [2.24, 2.45) is 5.92 Å². The molecule has 2 rings (SSSR count). The van der Waals surface area contributed by atoms with Crippen LogP contribution in [-0.4, -0.2) is 29.9 Å². The Balaban J connectivity index is 1.96. The second kappa shape index (κ2) is 6.05. The zero-order valence-corrected chi connectivity index (χ0v) is 11.2. The molecule has 100 valence electrons. The first kappa shape index (κ1) is 13.1. The van der Waals surface area contributed by atoms with Crippen LogP contribution in [0, 0.1) is 5.92 Å². The minimum atomic E-state index is -0.0244. The molecule has 0 aromatic carbocycles. The summed E-state index contributed by atoms with van der Waals surface area (Å²) in [7, 11) is 0. The molecule has 1 saturated heterocycles. The first-order valence-corrected chi connectivity index (χ1v) is 6.75. The summed E-state index contributed by atoms with van der Waals surface area (Å²) in [6.45, 7) is 6.44. The Labute approximate surface area is 108 Å². The third-order valence-electron chi connectivity index (χ3n) is 3.58. The van der Waals surface area contributed by atoms with Gasteiger partial charge in [-0.3, -0.25) is 4.79 Å². The van der Waals surface area contributed by atoms with E-state index in [2.05, 4.69) is 12.2 Å². The Morgan fingerprint density at radius 1 is 1.61 bits per heavy atom. The average molecular weight is 250 g/mol. The highest BCUT2D eigenvalue weighted by atomic mass is 16.3. The van der Waals surface area contributed by atoms with Crippen LogP contribution in [0.15, 0.2) is 22.8 Å². The molecule has 2 unspecified atom stereocenters. The van der Waals surface area contributed by atoms with Crippen molar-refractivity contribution in [3.05, 3.63) is 24.2 Å². The number of carbonyl (C=O) groups is 1. The fraction of sp³-hybridized carbons (Fsp3) is 0.643. The van der Waals surface area contributed by atoms with Gasteiger partial charge in [-0.25, -0.2) is 0 Å². The van der Waals surface area contributed by atoms with Crippen molar-refractivity contribution in [2.45, 2.75) is 39.3 Å². The Kier molecular flexibility index (Phi) is 4.42. The normalized spacial score (nSPS) is 23.9. The van der Waals surface area contributed by atoms with Gasteiger partial charge in [0.25, 0.3) is 0 Å². The number of likely N-dealkylation sites (N-methyl/N-ethyl adjacent to an activating group) is 1. The summed E-state index contributed by atoms with van der Waals surface area (Å²) in [4.78, 5) is 14.3. The zero-order valence-electron chi connectivity index (χ0n) is 11.2. The summed E-state index contributed by atoms with van der Waals surface area (Å²) in [5.74, 6) is 1.66. The predicted octanol–water partition coefficient (Wildman–Crippen LogP) is 2.02. The number of hydrogen-bond acceptors (Lipinski definition) is 3. The van der Waals surface area contributed by atoms with E-state index in [-0.39, 0.29) is 11.9 Å². The number of carbonyl (C=O) groups excluding carboxylic acids is 1. The summed E-state index contributed by atoms with van der Waals surface area (Å²) < 4.78 is 5.31. The lowest BCUT2D eigenvalue weighted by atomic mass is 9.93. The molecule has 0 radical (unpaired) electrons. The maximum Gasteiger partial charge on any atom is 0.240 e. The van der Waals surface area contributed by atoms with Gasteiger partial charge in [-0.1, -0.05) is 6.92 Å². The van der Waals surface area contributed by atoms with Gasteiger partial charge < -0.3 is 14.6 Å². The number of nitrogens with one attached hydrogen (secondary N) is 1. The van der Waals surface area contributed by atoms with Gasteiger partial charge in [0, 0.05) is 6.54 Å². The summed E-state index contributed by atoms with van der Waals surface area (Å²) in [5.41, 5.74) is 0. The second-order valence-corrected chi connectivity index (χ2v) is 5.07. The van der Waals surface area contributed by atoms with Gasteiger partial charge in [0.1, 0.15) is 5.76 Å². The van der Waals surface area contributed by atoms with E-state index in [1.807, 2.05) is 24.0 Å². The number of hydrogen-bond donors (Lipinski definition) is 1. The molecule has 1 aliphatic rings. The highest BCUT2D eigenvalue weighted by Gasteiger charge is 2.28. The van der Waals surface area contributed by atoms with Crippen molar-refractivity contribution in [2.75, 3.05) is 13.1 Å². The summed E-state index contributed by atoms with van der Waals surface area (Å²) in [5, 5.41) is 3.32. The van der Waals surface area contributed by atoms with E-state index in [0.717, 1.165) is 25.1 Å². The van der Waals surface area contributed by atoms with Gasteiger partial charge in [-0.15, -0.1) is 0 Å². The van der Waals surface area contributed by atoms with Crippen LogP contribution in [0.1, 0.15) is 32.4 Å². The number of furan rings is 1. The van der Waals surface area contributed by atoms with Crippen molar-refractivity contribution in [3.8, 4) is 0 Å². The number of amides is 1. The molecule has 1 N–H and O–H groups in total. The van der Waals surface area contributed by atoms with E-state index in [1.54, 1.807) is 6.26 Å². The Morgan fingerprint density at radius 3 is 3.06 bits per heavy atom. The molecule has 18 heavy (non-hydrogen) atoms. The van der Waals surface area contributed by atoms with E-state index in [1.165, 1.54) is 0 Å². The molecule has 0 spiro atoms. The minimum Gasteiger partial charge on any atom is -0.467 e. The highest BCUT2D eigenvalue weighted by molar-refractivity contribution is 5.82. The van der Waals surface area contributed by atoms with E-state index in [0.29, 0.717) is 19.0 Å². The fourth-order valence-electron chi connectivity index (χ4n) is 2.45. The predicted molar refractivity (Wildman–Crippen MR) is 70.0 cm³/mol. The van der Waals surface area contributed by atoms with Gasteiger partial charge in [0.2, 0.25) is 5.91 Å². The first-order chi connectivity index (χ1) is 8.70. The lowest BCUT2D eigenvalue weighted by molar-refractivity contribution is -0.135. The molecule has 1 aromatic rings. The molecule has 4 nitrogen and oxygen atoms in total. The zero-order chi connectivity index (χ0) is 13.0. The maximum atomic E-state index is 12.4. The van der Waals surface area contributed by atoms with Crippen molar-refractivity contribution in [1.82, 2.24) is 10.2 Å². The van der Waals surface area contributed by atoms with Gasteiger partial charge in [-0.05, 0) is 44.4 Å². The lowest BCUT2D eigenvalue weighted by Gasteiger charge is -2.31. The minimum absolute atomic E-state index is 0.0244. The van der Waals surface area contributed by atoms with Gasteiger partial charge in [0.15, 0.2) is 0 Å². The first-order valence-electron chi connectivity index (χ1n) is 6.75. The number of rotatable bonds is 4. The molecule has 2 atom stereocenters. The third-order valence-corrected chi connectivity index (χ3v) is 3.58. The molecular weight excluding hydrogens is 228 g/mol. The molecular formula is C14H22N2O2. The van der Waals surface area contributed by atoms with Crippen LogP contribution in [0.4, 0.5) is 0 Å². The fourth-order valence-corrected chi connectivity index (χ4v) is 2.45. The smallest absolute Gasteiger partial charge is 0.240 e. The number of nitrogens with zero attached hydrogens (tertiary/aromatic N) is 1. The van der Waals surface area contributed by atoms with Gasteiger partial charge in [-0.2, -0.15) is 0 Å². The van der Waals surface area contributed by atoms with Crippen molar-refractivity contribution < 1.29 is 9.21 Å². The topological polar surface area (TPSA) is 45.5 Å². The van der Waals surface area contributed by atoms with Crippen molar-refractivity contribution >= 4 is 5.91 Å². The molecule has 0 aliphatic carbocycles. The maximum absolute atomic E-state index is 12.4. The highest BCUT2D eigenvalue weighted by Crippen LogP contribution is 2.17. The standard InChI is InChI=1S/C14H22N2O2/c1-3-16(10-12-5-4-8-18-12)14(17)13-9-11(2)6-7-15-13/h4-5,8,11,13,15H,3,6-7,9-10H2,1-2H3. The second-order valence-electron chi connectivity index (χ2n) is 5.07. The Bertz CT molecular complexity index is 375. The summed E-state index contributed by atoms with van der Waals surface area (Å²) >= 11 is 0. The summed E-state index contributed by atoms with van der Waals surface area (Å²) in [6.07, 6.45) is 3.75. The molecule has 0 bridgehead atoms. The third kappa shape index (κ3) is 3.13. The molecule has 1 aliphatic heterocycles. The monoisotopic (exact) mass is 250 g/mol. The van der Waals surface area contributed by atoms with Crippen LogP contribution in [0.3, 0.4) is 0 Å². The van der Waals surface area contributed by atoms with Crippen LogP contribution >= 0.6 is 0 Å². The molecule has 2 heterocycles. The largest absolute Gasteiger partial charge is 0.467 e. The van der Waals surface area contributed by atoms with Gasteiger partial charge in [0.05, 0.1) is 18.8 Å². The summed E-state index contributed by atoms with van der Waals surface area (Å²) in [6, 6.07) is 3.74. The van der Waals surface area contributed by atoms with Crippen LogP contribution in [0.25, 0.3) is 0 Å². The number of piperidine rings is 1. The van der Waals surface area contributed by atoms with E-state index in [9.17, 15) is 4.79 Å².